The molecule has 0 aliphatic rings. The minimum Gasteiger partial charge on any atom is -0.347 e. The molecule has 8 heteroatoms. The van der Waals surface area contributed by atoms with Crippen LogP contribution in [0.1, 0.15) is 6.92 Å². The van der Waals surface area contributed by atoms with Gasteiger partial charge in [0, 0.05) is 24.1 Å². The molecule has 0 bridgehead atoms. The molecule has 3 N–H and O–H groups in total. The van der Waals surface area contributed by atoms with E-state index in [0.717, 1.165) is 5.69 Å². The first-order valence-electron chi connectivity index (χ1n) is 7.73. The zero-order valence-electron chi connectivity index (χ0n) is 14.1. The summed E-state index contributed by atoms with van der Waals surface area (Å²) >= 11 is 0. The van der Waals surface area contributed by atoms with Gasteiger partial charge >= 0.3 is 0 Å². The first kappa shape index (κ1) is 19.2. The van der Waals surface area contributed by atoms with Gasteiger partial charge in [0.25, 0.3) is 5.91 Å². The number of nitrogens with one attached hydrogen (secondary N) is 1. The first-order chi connectivity index (χ1) is 12.3. The van der Waals surface area contributed by atoms with Crippen LogP contribution in [0, 0.1) is 11.3 Å². The summed E-state index contributed by atoms with van der Waals surface area (Å²) in [5.74, 6) is -0.592. The Hall–Kier alpha value is -3.15. The number of anilines is 2. The molecule has 26 heavy (non-hydrogen) atoms. The van der Waals surface area contributed by atoms with Gasteiger partial charge in [-0.25, -0.2) is 13.6 Å². The largest absolute Gasteiger partial charge is 0.347 e. The quantitative estimate of drug-likeness (QED) is 0.597. The molecule has 134 valence electrons. The number of hydrogen-bond donors (Lipinski definition) is 2. The average molecular weight is 370 g/mol. The standard InChI is InChI=1S/C18H18N4O3S/c1-2-22(16-6-4-3-5-7-16)13-14(12-19)18(23)21-15-8-10-17(11-9-15)26(20,24)25/h3-11,13H,2H2,1H3,(H,21,23)(H2,20,24,25)/b14-13-. The molecule has 0 saturated carbocycles. The van der Waals surface area contributed by atoms with Gasteiger partial charge in [0.1, 0.15) is 11.6 Å². The number of carbonyl (C=O) groups is 1. The minimum absolute atomic E-state index is 0.0622. The predicted octanol–water partition coefficient (Wildman–Crippen LogP) is 2.21. The second-order valence-electron chi connectivity index (χ2n) is 5.30. The van der Waals surface area contributed by atoms with Crippen LogP contribution < -0.4 is 15.4 Å². The van der Waals surface area contributed by atoms with E-state index in [9.17, 15) is 18.5 Å². The van der Waals surface area contributed by atoms with Crippen molar-refractivity contribution in [3.63, 3.8) is 0 Å². The van der Waals surface area contributed by atoms with E-state index in [2.05, 4.69) is 5.32 Å². The van der Waals surface area contributed by atoms with Crippen LogP contribution in [-0.2, 0) is 14.8 Å². The van der Waals surface area contributed by atoms with Crippen LogP contribution in [0.25, 0.3) is 0 Å². The van der Waals surface area contributed by atoms with Gasteiger partial charge < -0.3 is 10.2 Å². The van der Waals surface area contributed by atoms with Crippen molar-refractivity contribution in [2.75, 3.05) is 16.8 Å². The Balaban J connectivity index is 2.19. The fraction of sp³-hybridized carbons (Fsp3) is 0.111. The number of nitrogens with two attached hydrogens (primary N) is 1. The third-order valence-electron chi connectivity index (χ3n) is 3.52. The van der Waals surface area contributed by atoms with Gasteiger partial charge in [-0.15, -0.1) is 0 Å². The van der Waals surface area contributed by atoms with Crippen molar-refractivity contribution in [3.8, 4) is 6.07 Å². The lowest BCUT2D eigenvalue weighted by atomic mass is 10.2. The molecule has 0 spiro atoms. The lowest BCUT2D eigenvalue weighted by Crippen LogP contribution is -2.20. The van der Waals surface area contributed by atoms with Gasteiger partial charge in [-0.3, -0.25) is 4.79 Å². The molecule has 0 fully saturated rings. The lowest BCUT2D eigenvalue weighted by Gasteiger charge is -2.18. The molecule has 2 rings (SSSR count). The molecule has 0 unspecified atom stereocenters. The Morgan fingerprint density at radius 2 is 1.81 bits per heavy atom. The molecule has 0 aromatic heterocycles. The number of para-hydroxylation sites is 1. The van der Waals surface area contributed by atoms with Gasteiger partial charge in [0.2, 0.25) is 10.0 Å². The van der Waals surface area contributed by atoms with Gasteiger partial charge in [0.15, 0.2) is 0 Å². The number of hydrogen-bond acceptors (Lipinski definition) is 5. The van der Waals surface area contributed by atoms with E-state index in [0.29, 0.717) is 12.2 Å². The number of sulfonamides is 1. The van der Waals surface area contributed by atoms with Crippen LogP contribution in [-0.4, -0.2) is 20.9 Å². The third-order valence-corrected chi connectivity index (χ3v) is 4.45. The number of rotatable bonds is 6. The highest BCUT2D eigenvalue weighted by atomic mass is 32.2. The highest BCUT2D eigenvalue weighted by Gasteiger charge is 2.13. The van der Waals surface area contributed by atoms with Gasteiger partial charge in [0.05, 0.1) is 4.90 Å². The molecule has 1 amide bonds. The van der Waals surface area contributed by atoms with E-state index in [1.54, 1.807) is 4.90 Å². The van der Waals surface area contributed by atoms with Gasteiger partial charge in [-0.1, -0.05) is 18.2 Å². The minimum atomic E-state index is -3.80. The van der Waals surface area contributed by atoms with E-state index in [-0.39, 0.29) is 10.5 Å². The first-order valence-corrected chi connectivity index (χ1v) is 9.27. The molecular weight excluding hydrogens is 352 g/mol. The van der Waals surface area contributed by atoms with Crippen molar-refractivity contribution in [1.82, 2.24) is 0 Å². The van der Waals surface area contributed by atoms with Crippen molar-refractivity contribution >= 4 is 27.3 Å². The third kappa shape index (κ3) is 4.92. The number of carbonyl (C=O) groups excluding carboxylic acids is 1. The molecule has 0 atom stereocenters. The maximum Gasteiger partial charge on any atom is 0.267 e. The van der Waals surface area contributed by atoms with Gasteiger partial charge in [-0.2, -0.15) is 5.26 Å². The number of benzene rings is 2. The van der Waals surface area contributed by atoms with E-state index in [1.165, 1.54) is 30.5 Å². The van der Waals surface area contributed by atoms with Crippen LogP contribution in [0.2, 0.25) is 0 Å². The van der Waals surface area contributed by atoms with Crippen LogP contribution in [0.3, 0.4) is 0 Å². The second-order valence-corrected chi connectivity index (χ2v) is 6.86. The summed E-state index contributed by atoms with van der Waals surface area (Å²) in [6.45, 7) is 2.48. The predicted molar refractivity (Wildman–Crippen MR) is 99.6 cm³/mol. The molecule has 2 aromatic carbocycles. The molecule has 0 radical (unpaired) electrons. The Morgan fingerprint density at radius 1 is 1.19 bits per heavy atom. The molecule has 0 heterocycles. The molecule has 2 aromatic rings. The summed E-state index contributed by atoms with van der Waals surface area (Å²) in [7, 11) is -3.80. The Morgan fingerprint density at radius 3 is 2.31 bits per heavy atom. The van der Waals surface area contributed by atoms with Crippen molar-refractivity contribution in [2.45, 2.75) is 11.8 Å². The van der Waals surface area contributed by atoms with Gasteiger partial charge in [-0.05, 0) is 43.3 Å². The summed E-state index contributed by atoms with van der Waals surface area (Å²) in [5.41, 5.74) is 1.13. The van der Waals surface area contributed by atoms with Crippen LogP contribution in [0.4, 0.5) is 11.4 Å². The zero-order chi connectivity index (χ0) is 19.2. The van der Waals surface area contributed by atoms with E-state index in [1.807, 2.05) is 43.3 Å². The lowest BCUT2D eigenvalue weighted by molar-refractivity contribution is -0.112. The summed E-state index contributed by atoms with van der Waals surface area (Å²) < 4.78 is 22.5. The topological polar surface area (TPSA) is 116 Å². The number of nitrogens with zero attached hydrogens (tertiary/aromatic N) is 2. The van der Waals surface area contributed by atoms with Crippen molar-refractivity contribution in [1.29, 1.82) is 5.26 Å². The van der Waals surface area contributed by atoms with E-state index >= 15 is 0 Å². The van der Waals surface area contributed by atoms with Crippen molar-refractivity contribution < 1.29 is 13.2 Å². The Kier molecular flexibility index (Phi) is 6.11. The van der Waals surface area contributed by atoms with Crippen molar-refractivity contribution in [2.24, 2.45) is 5.14 Å². The highest BCUT2D eigenvalue weighted by molar-refractivity contribution is 7.89. The Bertz CT molecular complexity index is 946. The van der Waals surface area contributed by atoms with Crippen LogP contribution >= 0.6 is 0 Å². The smallest absolute Gasteiger partial charge is 0.267 e. The fourth-order valence-corrected chi connectivity index (χ4v) is 2.70. The highest BCUT2D eigenvalue weighted by Crippen LogP contribution is 2.16. The second kappa shape index (κ2) is 8.29. The maximum absolute atomic E-state index is 12.3. The van der Waals surface area contributed by atoms with Crippen molar-refractivity contribution in [3.05, 3.63) is 66.4 Å². The summed E-state index contributed by atoms with van der Waals surface area (Å²) in [5, 5.41) is 16.9. The van der Waals surface area contributed by atoms with E-state index in [4.69, 9.17) is 5.14 Å². The van der Waals surface area contributed by atoms with Crippen LogP contribution in [0.5, 0.6) is 0 Å². The summed E-state index contributed by atoms with van der Waals surface area (Å²) in [6.07, 6.45) is 1.48. The monoisotopic (exact) mass is 370 g/mol. The molecule has 0 aliphatic carbocycles. The molecular formula is C18H18N4O3S. The molecule has 0 aliphatic heterocycles. The number of primary sulfonamides is 1. The summed E-state index contributed by atoms with van der Waals surface area (Å²) in [6, 6.07) is 16.6. The maximum atomic E-state index is 12.3. The fourth-order valence-electron chi connectivity index (χ4n) is 2.19. The Labute approximate surface area is 152 Å². The zero-order valence-corrected chi connectivity index (χ0v) is 14.9. The molecule has 0 saturated heterocycles. The number of nitriles is 1. The van der Waals surface area contributed by atoms with Crippen LogP contribution in [0.15, 0.2) is 71.3 Å². The summed E-state index contributed by atoms with van der Waals surface area (Å²) in [4.78, 5) is 14.1. The average Bonchev–Trinajstić information content (AvgIpc) is 2.63. The SMILES string of the molecule is CCN(/C=C(/C#N)C(=O)Nc1ccc(S(N)(=O)=O)cc1)c1ccccc1. The molecule has 7 nitrogen and oxygen atoms in total. The van der Waals surface area contributed by atoms with E-state index < -0.39 is 15.9 Å². The number of amides is 1. The normalized spacial score (nSPS) is 11.5.